The van der Waals surface area contributed by atoms with Gasteiger partial charge in [0.25, 0.3) is 0 Å². The van der Waals surface area contributed by atoms with Gasteiger partial charge in [-0.2, -0.15) is 0 Å². The number of carbonyl (C=O) groups is 1. The molecule has 0 fully saturated rings. The maximum absolute atomic E-state index is 10.7. The van der Waals surface area contributed by atoms with Gasteiger partial charge in [0.05, 0.1) is 6.61 Å². The van der Waals surface area contributed by atoms with Crippen molar-refractivity contribution in [1.82, 2.24) is 5.32 Å². The van der Waals surface area contributed by atoms with E-state index in [0.29, 0.717) is 25.5 Å². The van der Waals surface area contributed by atoms with E-state index < -0.39 is 5.97 Å². The van der Waals surface area contributed by atoms with Crippen molar-refractivity contribution in [1.29, 1.82) is 0 Å². The number of carboxylic acids is 1. The van der Waals surface area contributed by atoms with Crippen LogP contribution in [0.5, 0.6) is 0 Å². The molecule has 0 bridgehead atoms. The standard InChI is InChI=1S/C12H19NO4/c1-4-16-7-8(2)13-6-10-5-11(12(14)15)17-9(10)3/h5,8,13H,4,6-7H2,1-3H3,(H,14,15). The van der Waals surface area contributed by atoms with Crippen LogP contribution < -0.4 is 5.32 Å². The number of hydrogen-bond acceptors (Lipinski definition) is 4. The Kier molecular flexibility index (Phi) is 5.18. The maximum Gasteiger partial charge on any atom is 0.371 e. The van der Waals surface area contributed by atoms with Crippen LogP contribution in [0.1, 0.15) is 35.7 Å². The molecule has 0 aliphatic carbocycles. The molecule has 96 valence electrons. The zero-order valence-electron chi connectivity index (χ0n) is 10.4. The van der Waals surface area contributed by atoms with E-state index in [1.165, 1.54) is 0 Å². The third-order valence-corrected chi connectivity index (χ3v) is 2.44. The smallest absolute Gasteiger partial charge is 0.371 e. The van der Waals surface area contributed by atoms with E-state index >= 15 is 0 Å². The lowest BCUT2D eigenvalue weighted by molar-refractivity contribution is 0.0661. The molecule has 17 heavy (non-hydrogen) atoms. The molecular weight excluding hydrogens is 222 g/mol. The molecule has 1 heterocycles. The van der Waals surface area contributed by atoms with Crippen LogP contribution in [0, 0.1) is 6.92 Å². The maximum atomic E-state index is 10.7. The minimum atomic E-state index is -1.04. The fraction of sp³-hybridized carbons (Fsp3) is 0.583. The van der Waals surface area contributed by atoms with Gasteiger partial charge in [-0.1, -0.05) is 0 Å². The molecule has 1 rings (SSSR count). The van der Waals surface area contributed by atoms with Crippen LogP contribution in [0.3, 0.4) is 0 Å². The molecule has 0 saturated heterocycles. The number of hydrogen-bond donors (Lipinski definition) is 2. The summed E-state index contributed by atoms with van der Waals surface area (Å²) >= 11 is 0. The minimum Gasteiger partial charge on any atom is -0.475 e. The highest BCUT2D eigenvalue weighted by Crippen LogP contribution is 2.14. The second-order valence-corrected chi connectivity index (χ2v) is 3.94. The Morgan fingerprint density at radius 3 is 2.88 bits per heavy atom. The Labute approximate surface area is 101 Å². The first kappa shape index (κ1) is 13.7. The first-order chi connectivity index (χ1) is 8.04. The second-order valence-electron chi connectivity index (χ2n) is 3.94. The summed E-state index contributed by atoms with van der Waals surface area (Å²) in [4.78, 5) is 10.7. The zero-order valence-corrected chi connectivity index (χ0v) is 10.4. The Balaban J connectivity index is 2.48. The molecule has 0 aromatic carbocycles. The Hall–Kier alpha value is -1.33. The van der Waals surface area contributed by atoms with E-state index in [1.807, 2.05) is 13.8 Å². The summed E-state index contributed by atoms with van der Waals surface area (Å²) < 4.78 is 10.4. The number of ether oxygens (including phenoxy) is 1. The van der Waals surface area contributed by atoms with Crippen LogP contribution in [0.4, 0.5) is 0 Å². The normalized spacial score (nSPS) is 12.6. The van der Waals surface area contributed by atoms with E-state index in [0.717, 1.165) is 5.56 Å². The largest absolute Gasteiger partial charge is 0.475 e. The van der Waals surface area contributed by atoms with Crippen LogP contribution >= 0.6 is 0 Å². The van der Waals surface area contributed by atoms with Crippen molar-refractivity contribution in [2.75, 3.05) is 13.2 Å². The fourth-order valence-electron chi connectivity index (χ4n) is 1.44. The summed E-state index contributed by atoms with van der Waals surface area (Å²) in [5.74, 6) is -0.419. The molecule has 5 nitrogen and oxygen atoms in total. The topological polar surface area (TPSA) is 71.7 Å². The predicted molar refractivity (Wildman–Crippen MR) is 63.2 cm³/mol. The molecule has 5 heteroatoms. The van der Waals surface area contributed by atoms with Gasteiger partial charge in [0.15, 0.2) is 0 Å². The average molecular weight is 241 g/mol. The van der Waals surface area contributed by atoms with E-state index in [9.17, 15) is 4.79 Å². The van der Waals surface area contributed by atoms with E-state index in [1.54, 1.807) is 13.0 Å². The molecule has 2 N–H and O–H groups in total. The number of carboxylic acid groups (broad SMARTS) is 1. The Morgan fingerprint density at radius 2 is 2.35 bits per heavy atom. The quantitative estimate of drug-likeness (QED) is 0.761. The Morgan fingerprint density at radius 1 is 1.65 bits per heavy atom. The van der Waals surface area contributed by atoms with Gasteiger partial charge in [0, 0.05) is 24.8 Å². The van der Waals surface area contributed by atoms with Crippen LogP contribution in [-0.4, -0.2) is 30.3 Å². The molecule has 1 aromatic heterocycles. The molecule has 0 aliphatic rings. The predicted octanol–water partition coefficient (Wildman–Crippen LogP) is 1.80. The van der Waals surface area contributed by atoms with Gasteiger partial charge in [-0.05, 0) is 26.8 Å². The highest BCUT2D eigenvalue weighted by atomic mass is 16.5. The van der Waals surface area contributed by atoms with Gasteiger partial charge >= 0.3 is 5.97 Å². The van der Waals surface area contributed by atoms with Gasteiger partial charge in [-0.25, -0.2) is 4.79 Å². The second kappa shape index (κ2) is 6.42. The van der Waals surface area contributed by atoms with Gasteiger partial charge in [0.2, 0.25) is 5.76 Å². The van der Waals surface area contributed by atoms with Crippen LogP contribution in [0.15, 0.2) is 10.5 Å². The first-order valence-corrected chi connectivity index (χ1v) is 5.68. The first-order valence-electron chi connectivity index (χ1n) is 5.68. The van der Waals surface area contributed by atoms with Crippen molar-refractivity contribution < 1.29 is 19.1 Å². The van der Waals surface area contributed by atoms with Gasteiger partial charge in [-0.15, -0.1) is 0 Å². The minimum absolute atomic E-state index is 0.0169. The summed E-state index contributed by atoms with van der Waals surface area (Å²) in [6, 6.07) is 1.77. The zero-order chi connectivity index (χ0) is 12.8. The number of furan rings is 1. The van der Waals surface area contributed by atoms with Crippen molar-refractivity contribution >= 4 is 5.97 Å². The Bertz CT molecular complexity index is 373. The molecule has 0 spiro atoms. The van der Waals surface area contributed by atoms with Crippen molar-refractivity contribution in [2.45, 2.75) is 33.4 Å². The van der Waals surface area contributed by atoms with E-state index in [4.69, 9.17) is 14.3 Å². The molecule has 0 radical (unpaired) electrons. The van der Waals surface area contributed by atoms with Crippen molar-refractivity contribution in [3.05, 3.63) is 23.2 Å². The highest BCUT2D eigenvalue weighted by Gasteiger charge is 2.13. The van der Waals surface area contributed by atoms with E-state index in [-0.39, 0.29) is 11.8 Å². The molecule has 0 saturated carbocycles. The molecule has 0 aliphatic heterocycles. The third kappa shape index (κ3) is 4.20. The number of aromatic carboxylic acids is 1. The van der Waals surface area contributed by atoms with Crippen molar-refractivity contribution in [3.63, 3.8) is 0 Å². The fourth-order valence-corrected chi connectivity index (χ4v) is 1.44. The van der Waals surface area contributed by atoms with Crippen LogP contribution in [0.2, 0.25) is 0 Å². The molecular formula is C12H19NO4. The molecule has 0 amide bonds. The molecule has 1 unspecified atom stereocenters. The average Bonchev–Trinajstić information content (AvgIpc) is 2.65. The number of aryl methyl sites for hydroxylation is 1. The number of nitrogens with one attached hydrogen (secondary N) is 1. The highest BCUT2D eigenvalue weighted by molar-refractivity contribution is 5.84. The van der Waals surface area contributed by atoms with Crippen LogP contribution in [-0.2, 0) is 11.3 Å². The summed E-state index contributed by atoms with van der Waals surface area (Å²) in [5.41, 5.74) is 0.866. The van der Waals surface area contributed by atoms with Gasteiger partial charge < -0.3 is 19.6 Å². The summed E-state index contributed by atoms with van der Waals surface area (Å²) in [5, 5.41) is 12.0. The monoisotopic (exact) mass is 241 g/mol. The van der Waals surface area contributed by atoms with E-state index in [2.05, 4.69) is 5.32 Å². The van der Waals surface area contributed by atoms with Crippen molar-refractivity contribution in [2.24, 2.45) is 0 Å². The third-order valence-electron chi connectivity index (χ3n) is 2.44. The van der Waals surface area contributed by atoms with Crippen molar-refractivity contribution in [3.8, 4) is 0 Å². The lowest BCUT2D eigenvalue weighted by atomic mass is 10.2. The lowest BCUT2D eigenvalue weighted by Gasteiger charge is -2.12. The van der Waals surface area contributed by atoms with Gasteiger partial charge in [0.1, 0.15) is 5.76 Å². The van der Waals surface area contributed by atoms with Gasteiger partial charge in [-0.3, -0.25) is 0 Å². The number of rotatable bonds is 7. The molecule has 1 atom stereocenters. The molecule has 1 aromatic rings. The summed E-state index contributed by atoms with van der Waals surface area (Å²) in [6.07, 6.45) is 0. The summed E-state index contributed by atoms with van der Waals surface area (Å²) in [6.45, 7) is 7.64. The lowest BCUT2D eigenvalue weighted by Crippen LogP contribution is -2.30. The SMILES string of the molecule is CCOCC(C)NCc1cc(C(=O)O)oc1C. The summed E-state index contributed by atoms with van der Waals surface area (Å²) in [7, 11) is 0. The van der Waals surface area contributed by atoms with Crippen LogP contribution in [0.25, 0.3) is 0 Å².